The summed E-state index contributed by atoms with van der Waals surface area (Å²) in [6, 6.07) is 0. The molecule has 0 bridgehead atoms. The van der Waals surface area contributed by atoms with E-state index in [-0.39, 0.29) is 5.91 Å². The predicted molar refractivity (Wildman–Crippen MR) is 40.5 cm³/mol. The smallest absolute Gasteiger partial charge is 0.262 e. The third-order valence-corrected chi connectivity index (χ3v) is 2.04. The molecule has 0 aliphatic carbocycles. The molecule has 0 saturated carbocycles. The van der Waals surface area contributed by atoms with Crippen LogP contribution in [0.15, 0.2) is 6.20 Å². The maximum Gasteiger partial charge on any atom is 0.262 e. The van der Waals surface area contributed by atoms with Gasteiger partial charge in [0, 0.05) is 7.05 Å². The molecule has 1 heterocycles. The predicted octanol–water partition coefficient (Wildman–Crippen LogP) is 1.16. The number of hydrogen-bond acceptors (Lipinski definition) is 3. The van der Waals surface area contributed by atoms with Crippen LogP contribution in [0.3, 0.4) is 0 Å². The maximum absolute atomic E-state index is 10.8. The molecule has 0 aliphatic rings. The minimum absolute atomic E-state index is 0.149. The van der Waals surface area contributed by atoms with Crippen molar-refractivity contribution in [1.82, 2.24) is 10.3 Å². The molecule has 0 radical (unpaired) electrons. The highest BCUT2D eigenvalue weighted by molar-refractivity contribution is 7.17. The molecule has 1 aromatic rings. The van der Waals surface area contributed by atoms with E-state index >= 15 is 0 Å². The Kier molecular flexibility index (Phi) is 2.24. The van der Waals surface area contributed by atoms with Gasteiger partial charge in [-0.25, -0.2) is 4.98 Å². The Hall–Kier alpha value is -0.610. The lowest BCUT2D eigenvalue weighted by molar-refractivity contribution is 0.0967. The molecule has 1 aromatic heterocycles. The number of halogens is 1. The molecule has 0 fully saturated rings. The Bertz CT molecular complexity index is 248. The quantitative estimate of drug-likeness (QED) is 0.698. The van der Waals surface area contributed by atoms with Gasteiger partial charge >= 0.3 is 0 Å². The monoisotopic (exact) mass is 176 g/mol. The van der Waals surface area contributed by atoms with Crippen LogP contribution >= 0.6 is 22.9 Å². The average molecular weight is 177 g/mol. The van der Waals surface area contributed by atoms with E-state index in [1.165, 1.54) is 6.20 Å². The molecular formula is C5H5ClN2OS. The van der Waals surface area contributed by atoms with Crippen LogP contribution < -0.4 is 5.32 Å². The van der Waals surface area contributed by atoms with Gasteiger partial charge in [-0.1, -0.05) is 22.9 Å². The zero-order chi connectivity index (χ0) is 7.56. The molecule has 0 saturated heterocycles. The molecule has 3 nitrogen and oxygen atoms in total. The fraction of sp³-hybridized carbons (Fsp3) is 0.200. The summed E-state index contributed by atoms with van der Waals surface area (Å²) in [5.41, 5.74) is 0. The van der Waals surface area contributed by atoms with Crippen molar-refractivity contribution in [2.45, 2.75) is 0 Å². The van der Waals surface area contributed by atoms with Gasteiger partial charge in [0.05, 0.1) is 6.20 Å². The number of carbonyl (C=O) groups is 1. The molecule has 0 atom stereocenters. The van der Waals surface area contributed by atoms with E-state index in [0.29, 0.717) is 9.34 Å². The first kappa shape index (κ1) is 7.50. The van der Waals surface area contributed by atoms with Crippen molar-refractivity contribution in [3.63, 3.8) is 0 Å². The summed E-state index contributed by atoms with van der Waals surface area (Å²) in [4.78, 5) is 15.1. The zero-order valence-electron chi connectivity index (χ0n) is 5.22. The largest absolute Gasteiger partial charge is 0.354 e. The zero-order valence-corrected chi connectivity index (χ0v) is 6.79. The van der Waals surface area contributed by atoms with Crippen molar-refractivity contribution in [3.05, 3.63) is 15.5 Å². The molecule has 10 heavy (non-hydrogen) atoms. The standard InChI is InChI=1S/C5H5ClN2OS/c1-7-4(9)3-2-8-5(6)10-3/h2H,1H3,(H,7,9). The second-order valence-corrected chi connectivity index (χ2v) is 3.17. The van der Waals surface area contributed by atoms with Crippen molar-refractivity contribution in [2.75, 3.05) is 7.05 Å². The topological polar surface area (TPSA) is 42.0 Å². The lowest BCUT2D eigenvalue weighted by atomic mass is 10.5. The van der Waals surface area contributed by atoms with Gasteiger partial charge in [-0.2, -0.15) is 0 Å². The number of thiazole rings is 1. The van der Waals surface area contributed by atoms with Crippen molar-refractivity contribution in [2.24, 2.45) is 0 Å². The highest BCUT2D eigenvalue weighted by Gasteiger charge is 2.05. The summed E-state index contributed by atoms with van der Waals surface area (Å²) >= 11 is 6.65. The van der Waals surface area contributed by atoms with Crippen LogP contribution in [0, 0.1) is 0 Å². The van der Waals surface area contributed by atoms with Gasteiger partial charge in [-0.15, -0.1) is 0 Å². The van der Waals surface area contributed by atoms with Gasteiger partial charge in [0.25, 0.3) is 5.91 Å². The summed E-state index contributed by atoms with van der Waals surface area (Å²) in [6.07, 6.45) is 1.45. The van der Waals surface area contributed by atoms with Crippen molar-refractivity contribution in [3.8, 4) is 0 Å². The van der Waals surface area contributed by atoms with Gasteiger partial charge < -0.3 is 5.32 Å². The third-order valence-electron chi connectivity index (χ3n) is 0.928. The van der Waals surface area contributed by atoms with Crippen LogP contribution in [0.25, 0.3) is 0 Å². The summed E-state index contributed by atoms with van der Waals surface area (Å²) < 4.78 is 0.388. The second kappa shape index (κ2) is 2.98. The number of aromatic nitrogens is 1. The first-order chi connectivity index (χ1) is 4.74. The molecule has 0 aliphatic heterocycles. The average Bonchev–Trinajstić information content (AvgIpc) is 2.34. The Labute approximate surface area is 67.0 Å². The second-order valence-electron chi connectivity index (χ2n) is 1.56. The van der Waals surface area contributed by atoms with Crippen molar-refractivity contribution >= 4 is 28.8 Å². The van der Waals surface area contributed by atoms with Crippen LogP contribution in [0.4, 0.5) is 0 Å². The molecule has 0 spiro atoms. The molecule has 1 N–H and O–H groups in total. The van der Waals surface area contributed by atoms with E-state index in [9.17, 15) is 4.79 Å². The van der Waals surface area contributed by atoms with E-state index in [4.69, 9.17) is 11.6 Å². The summed E-state index contributed by atoms with van der Waals surface area (Å²) in [7, 11) is 1.57. The Morgan fingerprint density at radius 1 is 1.90 bits per heavy atom. The third kappa shape index (κ3) is 1.46. The lowest BCUT2D eigenvalue weighted by Crippen LogP contribution is -2.15. The summed E-state index contributed by atoms with van der Waals surface area (Å²) in [5, 5.41) is 2.47. The first-order valence-electron chi connectivity index (χ1n) is 2.57. The van der Waals surface area contributed by atoms with Gasteiger partial charge in [0.1, 0.15) is 4.88 Å². The number of carbonyl (C=O) groups excluding carboxylic acids is 1. The van der Waals surface area contributed by atoms with Crippen LogP contribution in [0.2, 0.25) is 4.47 Å². The fourth-order valence-electron chi connectivity index (χ4n) is 0.481. The van der Waals surface area contributed by atoms with Crippen LogP contribution in [0.5, 0.6) is 0 Å². The maximum atomic E-state index is 10.8. The normalized spacial score (nSPS) is 9.40. The van der Waals surface area contributed by atoms with Crippen LogP contribution in [-0.4, -0.2) is 17.9 Å². The molecule has 1 amide bonds. The highest BCUT2D eigenvalue weighted by atomic mass is 35.5. The molecular weight excluding hydrogens is 172 g/mol. The fourth-order valence-corrected chi connectivity index (χ4v) is 1.37. The first-order valence-corrected chi connectivity index (χ1v) is 3.77. The van der Waals surface area contributed by atoms with Crippen LogP contribution in [-0.2, 0) is 0 Å². The number of nitrogens with one attached hydrogen (secondary N) is 1. The van der Waals surface area contributed by atoms with Gasteiger partial charge in [0.15, 0.2) is 4.47 Å². The van der Waals surface area contributed by atoms with E-state index < -0.39 is 0 Å². The summed E-state index contributed by atoms with van der Waals surface area (Å²) in [5.74, 6) is -0.149. The van der Waals surface area contributed by atoms with Crippen LogP contribution in [0.1, 0.15) is 9.67 Å². The molecule has 0 aromatic carbocycles. The van der Waals surface area contributed by atoms with E-state index in [1.807, 2.05) is 0 Å². The van der Waals surface area contributed by atoms with Gasteiger partial charge in [-0.3, -0.25) is 4.79 Å². The minimum Gasteiger partial charge on any atom is -0.354 e. The van der Waals surface area contributed by atoms with E-state index in [0.717, 1.165) is 11.3 Å². The molecule has 0 unspecified atom stereocenters. The number of rotatable bonds is 1. The highest BCUT2D eigenvalue weighted by Crippen LogP contribution is 2.16. The summed E-state index contributed by atoms with van der Waals surface area (Å²) in [6.45, 7) is 0. The Morgan fingerprint density at radius 3 is 3.00 bits per heavy atom. The lowest BCUT2D eigenvalue weighted by Gasteiger charge is -1.89. The molecule has 5 heteroatoms. The Balaban J connectivity index is 2.85. The van der Waals surface area contributed by atoms with E-state index in [2.05, 4.69) is 10.3 Å². The molecule has 54 valence electrons. The van der Waals surface area contributed by atoms with Crippen molar-refractivity contribution in [1.29, 1.82) is 0 Å². The SMILES string of the molecule is CNC(=O)c1cnc(Cl)s1. The number of hydrogen-bond donors (Lipinski definition) is 1. The minimum atomic E-state index is -0.149. The molecule has 1 rings (SSSR count). The van der Waals surface area contributed by atoms with Gasteiger partial charge in [0.2, 0.25) is 0 Å². The Morgan fingerprint density at radius 2 is 2.60 bits per heavy atom. The number of nitrogens with zero attached hydrogens (tertiary/aromatic N) is 1. The van der Waals surface area contributed by atoms with Crippen molar-refractivity contribution < 1.29 is 4.79 Å². The van der Waals surface area contributed by atoms with E-state index in [1.54, 1.807) is 7.05 Å². The number of amides is 1. The van der Waals surface area contributed by atoms with Gasteiger partial charge in [-0.05, 0) is 0 Å².